The Morgan fingerprint density at radius 2 is 2.00 bits per heavy atom. The molecule has 1 saturated heterocycles. The van der Waals surface area contributed by atoms with Crippen molar-refractivity contribution in [1.29, 1.82) is 0 Å². The molecule has 0 saturated carbocycles. The Labute approximate surface area is 110 Å². The van der Waals surface area contributed by atoms with Crippen LogP contribution in [-0.2, 0) is 16.0 Å². The molecule has 1 unspecified atom stereocenters. The van der Waals surface area contributed by atoms with E-state index in [2.05, 4.69) is 5.32 Å². The van der Waals surface area contributed by atoms with Crippen LogP contribution in [0.3, 0.4) is 0 Å². The fourth-order valence-corrected chi connectivity index (χ4v) is 1.96. The molecule has 1 aliphatic rings. The van der Waals surface area contributed by atoms with Crippen LogP contribution in [0, 0.1) is 11.6 Å². The summed E-state index contributed by atoms with van der Waals surface area (Å²) in [4.78, 5) is 0. The number of nitrogens with one attached hydrogen (secondary N) is 1. The van der Waals surface area contributed by atoms with Gasteiger partial charge in [-0.25, -0.2) is 8.78 Å². The third kappa shape index (κ3) is 3.62. The Bertz CT molecular complexity index is 442. The van der Waals surface area contributed by atoms with Gasteiger partial charge in [0.05, 0.1) is 12.7 Å². The van der Waals surface area contributed by atoms with Gasteiger partial charge in [0.25, 0.3) is 0 Å². The molecule has 6 heteroatoms. The number of benzene rings is 1. The predicted octanol–water partition coefficient (Wildman–Crippen LogP) is 1.91. The average molecular weight is 273 g/mol. The molecule has 0 bridgehead atoms. The van der Waals surface area contributed by atoms with E-state index < -0.39 is 23.2 Å². The standard InChI is InChI=1S/C13H17F2NO3/c1-13(2)18-7-9(19-13)6-16-5-8-3-10(14)12(17)11(15)4-8/h3-4,9,16-17H,5-7H2,1-2H3. The highest BCUT2D eigenvalue weighted by molar-refractivity contribution is 5.29. The lowest BCUT2D eigenvalue weighted by Gasteiger charge is -2.17. The van der Waals surface area contributed by atoms with Crippen LogP contribution in [0.5, 0.6) is 5.75 Å². The van der Waals surface area contributed by atoms with Crippen molar-refractivity contribution in [2.75, 3.05) is 13.2 Å². The lowest BCUT2D eigenvalue weighted by molar-refractivity contribution is -0.137. The number of halogens is 2. The van der Waals surface area contributed by atoms with Crippen LogP contribution in [0.15, 0.2) is 12.1 Å². The first-order valence-corrected chi connectivity index (χ1v) is 6.07. The smallest absolute Gasteiger partial charge is 0.187 e. The Morgan fingerprint density at radius 3 is 2.53 bits per heavy atom. The van der Waals surface area contributed by atoms with Crippen LogP contribution < -0.4 is 5.32 Å². The molecule has 0 radical (unpaired) electrons. The van der Waals surface area contributed by atoms with Gasteiger partial charge < -0.3 is 19.9 Å². The first kappa shape index (κ1) is 14.2. The van der Waals surface area contributed by atoms with Crippen molar-refractivity contribution in [2.45, 2.75) is 32.3 Å². The number of rotatable bonds is 4. The maximum Gasteiger partial charge on any atom is 0.187 e. The quantitative estimate of drug-likeness (QED) is 0.880. The summed E-state index contributed by atoms with van der Waals surface area (Å²) in [7, 11) is 0. The van der Waals surface area contributed by atoms with Gasteiger partial charge >= 0.3 is 0 Å². The highest BCUT2D eigenvalue weighted by Gasteiger charge is 2.32. The molecule has 0 spiro atoms. The van der Waals surface area contributed by atoms with Crippen LogP contribution in [0.2, 0.25) is 0 Å². The number of hydrogen-bond donors (Lipinski definition) is 2. The minimum Gasteiger partial charge on any atom is -0.503 e. The number of aromatic hydroxyl groups is 1. The number of hydrogen-bond acceptors (Lipinski definition) is 4. The molecule has 2 N–H and O–H groups in total. The summed E-state index contributed by atoms with van der Waals surface area (Å²) in [6, 6.07) is 2.20. The van der Waals surface area contributed by atoms with Gasteiger partial charge in [-0.15, -0.1) is 0 Å². The summed E-state index contributed by atoms with van der Waals surface area (Å²) >= 11 is 0. The summed E-state index contributed by atoms with van der Waals surface area (Å²) in [6.07, 6.45) is -0.0817. The maximum atomic E-state index is 13.1. The average Bonchev–Trinajstić information content (AvgIpc) is 2.66. The van der Waals surface area contributed by atoms with E-state index in [0.29, 0.717) is 18.7 Å². The summed E-state index contributed by atoms with van der Waals surface area (Å²) in [5.74, 6) is -3.45. The van der Waals surface area contributed by atoms with Crippen molar-refractivity contribution in [1.82, 2.24) is 5.32 Å². The fraction of sp³-hybridized carbons (Fsp3) is 0.538. The van der Waals surface area contributed by atoms with E-state index in [1.807, 2.05) is 13.8 Å². The van der Waals surface area contributed by atoms with Gasteiger partial charge in [-0.3, -0.25) is 0 Å². The molecule has 1 aromatic rings. The Balaban J connectivity index is 1.83. The zero-order chi connectivity index (χ0) is 14.0. The van der Waals surface area contributed by atoms with Crippen molar-refractivity contribution >= 4 is 0 Å². The monoisotopic (exact) mass is 273 g/mol. The van der Waals surface area contributed by atoms with Crippen LogP contribution in [0.25, 0.3) is 0 Å². The number of phenolic OH excluding ortho intramolecular Hbond substituents is 1. The lowest BCUT2D eigenvalue weighted by atomic mass is 10.2. The summed E-state index contributed by atoms with van der Waals surface area (Å²) in [5, 5.41) is 12.0. The van der Waals surface area contributed by atoms with E-state index >= 15 is 0 Å². The molecule has 1 aromatic carbocycles. The largest absolute Gasteiger partial charge is 0.503 e. The Hall–Kier alpha value is -1.24. The molecule has 1 heterocycles. The van der Waals surface area contributed by atoms with Crippen LogP contribution >= 0.6 is 0 Å². The normalized spacial score (nSPS) is 21.8. The SMILES string of the molecule is CC1(C)OCC(CNCc2cc(F)c(O)c(F)c2)O1. The predicted molar refractivity (Wildman–Crippen MR) is 64.6 cm³/mol. The number of ether oxygens (including phenoxy) is 2. The minimum absolute atomic E-state index is 0.0817. The van der Waals surface area contributed by atoms with Crippen molar-refractivity contribution in [3.63, 3.8) is 0 Å². The summed E-state index contributed by atoms with van der Waals surface area (Å²) in [6.45, 7) is 4.95. The molecule has 106 valence electrons. The van der Waals surface area contributed by atoms with E-state index in [1.54, 1.807) is 0 Å². The second kappa shape index (κ2) is 5.40. The lowest BCUT2D eigenvalue weighted by Crippen LogP contribution is -2.30. The second-order valence-electron chi connectivity index (χ2n) is 4.99. The molecule has 2 rings (SSSR count). The van der Waals surface area contributed by atoms with Gasteiger partial charge in [0.1, 0.15) is 0 Å². The van der Waals surface area contributed by atoms with Gasteiger partial charge in [-0.1, -0.05) is 0 Å². The summed E-state index contributed by atoms with van der Waals surface area (Å²) < 4.78 is 37.2. The van der Waals surface area contributed by atoms with Crippen molar-refractivity contribution < 1.29 is 23.4 Å². The second-order valence-corrected chi connectivity index (χ2v) is 4.99. The van der Waals surface area contributed by atoms with E-state index in [9.17, 15) is 8.78 Å². The first-order chi connectivity index (χ1) is 8.87. The van der Waals surface area contributed by atoms with Crippen molar-refractivity contribution in [2.24, 2.45) is 0 Å². The molecule has 1 fully saturated rings. The van der Waals surface area contributed by atoms with Gasteiger partial charge in [0, 0.05) is 13.1 Å². The van der Waals surface area contributed by atoms with E-state index in [4.69, 9.17) is 14.6 Å². The first-order valence-electron chi connectivity index (χ1n) is 6.07. The van der Waals surface area contributed by atoms with Crippen molar-refractivity contribution in [3.8, 4) is 5.75 Å². The maximum absolute atomic E-state index is 13.1. The Kier molecular flexibility index (Phi) is 4.03. The van der Waals surface area contributed by atoms with Gasteiger partial charge in [0.2, 0.25) is 0 Å². The molecule has 0 aromatic heterocycles. The van der Waals surface area contributed by atoms with Crippen LogP contribution in [0.1, 0.15) is 19.4 Å². The molecular weight excluding hydrogens is 256 g/mol. The van der Waals surface area contributed by atoms with Crippen LogP contribution in [-0.4, -0.2) is 30.1 Å². The minimum atomic E-state index is -0.960. The highest BCUT2D eigenvalue weighted by atomic mass is 19.1. The molecule has 4 nitrogen and oxygen atoms in total. The van der Waals surface area contributed by atoms with E-state index in [0.717, 1.165) is 12.1 Å². The molecule has 0 aliphatic carbocycles. The zero-order valence-electron chi connectivity index (χ0n) is 10.9. The molecule has 0 amide bonds. The Morgan fingerprint density at radius 1 is 1.37 bits per heavy atom. The van der Waals surface area contributed by atoms with Gasteiger partial charge in [0.15, 0.2) is 23.2 Å². The molecular formula is C13H17F2NO3. The fourth-order valence-electron chi connectivity index (χ4n) is 1.96. The van der Waals surface area contributed by atoms with Crippen molar-refractivity contribution in [3.05, 3.63) is 29.3 Å². The zero-order valence-corrected chi connectivity index (χ0v) is 10.9. The molecule has 19 heavy (non-hydrogen) atoms. The number of phenols is 1. The van der Waals surface area contributed by atoms with Gasteiger partial charge in [-0.2, -0.15) is 0 Å². The van der Waals surface area contributed by atoms with E-state index in [1.165, 1.54) is 0 Å². The van der Waals surface area contributed by atoms with E-state index in [-0.39, 0.29) is 12.6 Å². The molecule has 1 atom stereocenters. The van der Waals surface area contributed by atoms with Crippen LogP contribution in [0.4, 0.5) is 8.78 Å². The molecule has 1 aliphatic heterocycles. The third-order valence-corrected chi connectivity index (χ3v) is 2.85. The van der Waals surface area contributed by atoms with Gasteiger partial charge in [-0.05, 0) is 31.5 Å². The highest BCUT2D eigenvalue weighted by Crippen LogP contribution is 2.23. The summed E-state index contributed by atoms with van der Waals surface area (Å²) in [5.41, 5.74) is 0.422. The third-order valence-electron chi connectivity index (χ3n) is 2.85. The topological polar surface area (TPSA) is 50.7 Å².